The number of ether oxygens (including phenoxy) is 1. The summed E-state index contributed by atoms with van der Waals surface area (Å²) in [6.07, 6.45) is 1.89. The monoisotopic (exact) mass is 413 g/mol. The van der Waals surface area contributed by atoms with Crippen LogP contribution in [0, 0.1) is 0 Å². The molecule has 0 fully saturated rings. The zero-order chi connectivity index (χ0) is 20.5. The topological polar surface area (TPSA) is 68.5 Å². The highest BCUT2D eigenvalue weighted by Gasteiger charge is 2.18. The fourth-order valence-electron chi connectivity index (χ4n) is 2.87. The first-order chi connectivity index (χ1) is 14.2. The van der Waals surface area contributed by atoms with E-state index in [-0.39, 0.29) is 12.5 Å². The Morgan fingerprint density at radius 2 is 1.86 bits per heavy atom. The largest absolute Gasteiger partial charge is 0.494 e. The van der Waals surface area contributed by atoms with Crippen LogP contribution >= 0.6 is 11.6 Å². The molecule has 0 aliphatic heterocycles. The highest BCUT2D eigenvalue weighted by atomic mass is 35.5. The van der Waals surface area contributed by atoms with Crippen molar-refractivity contribution in [3.63, 3.8) is 0 Å². The van der Waals surface area contributed by atoms with Gasteiger partial charge in [-0.15, -0.1) is 10.2 Å². The molecular weight excluding hydrogens is 390 g/mol. The summed E-state index contributed by atoms with van der Waals surface area (Å²) in [5, 5.41) is 8.69. The second-order valence-corrected chi connectivity index (χ2v) is 6.97. The van der Waals surface area contributed by atoms with Gasteiger partial charge in [0.25, 0.3) is 0 Å². The van der Waals surface area contributed by atoms with Crippen molar-refractivity contribution in [3.05, 3.63) is 65.5 Å². The number of nitrogens with zero attached hydrogens (tertiary/aromatic N) is 3. The van der Waals surface area contributed by atoms with E-state index in [1.54, 1.807) is 11.0 Å². The summed E-state index contributed by atoms with van der Waals surface area (Å²) in [6.45, 7) is 3.43. The molecule has 1 amide bonds. The number of carbonyl (C=O) groups is 1. The molecule has 3 aromatic rings. The van der Waals surface area contributed by atoms with Gasteiger partial charge in [-0.05, 0) is 37.1 Å². The Balaban J connectivity index is 1.54. The van der Waals surface area contributed by atoms with Crippen molar-refractivity contribution in [2.24, 2.45) is 0 Å². The van der Waals surface area contributed by atoms with Gasteiger partial charge in [-0.1, -0.05) is 48.9 Å². The molecular formula is C22H24ClN3O3. The summed E-state index contributed by atoms with van der Waals surface area (Å²) in [7, 11) is 0. The Bertz CT molecular complexity index is 914. The number of rotatable bonds is 10. The molecule has 0 bridgehead atoms. The maximum Gasteiger partial charge on any atom is 0.249 e. The van der Waals surface area contributed by atoms with Gasteiger partial charge in [0.15, 0.2) is 0 Å². The number of hydrogen-bond donors (Lipinski definition) is 0. The van der Waals surface area contributed by atoms with E-state index in [0.717, 1.165) is 12.2 Å². The molecule has 6 nitrogen and oxygen atoms in total. The van der Waals surface area contributed by atoms with E-state index in [4.69, 9.17) is 20.8 Å². The molecule has 1 aromatic heterocycles. The van der Waals surface area contributed by atoms with Crippen molar-refractivity contribution < 1.29 is 13.9 Å². The smallest absolute Gasteiger partial charge is 0.249 e. The highest BCUT2D eigenvalue weighted by Crippen LogP contribution is 2.26. The Labute approximate surface area is 175 Å². The van der Waals surface area contributed by atoms with E-state index in [1.807, 2.05) is 55.5 Å². The van der Waals surface area contributed by atoms with Crippen LogP contribution in [0.1, 0.15) is 32.1 Å². The van der Waals surface area contributed by atoms with Gasteiger partial charge in [0.05, 0.1) is 23.7 Å². The molecule has 1 heterocycles. The van der Waals surface area contributed by atoms with Gasteiger partial charge in [0, 0.05) is 13.0 Å². The van der Waals surface area contributed by atoms with Crippen LogP contribution in [0.25, 0.3) is 11.5 Å². The predicted molar refractivity (Wildman–Crippen MR) is 112 cm³/mol. The van der Waals surface area contributed by atoms with E-state index in [1.165, 1.54) is 0 Å². The van der Waals surface area contributed by atoms with Crippen molar-refractivity contribution in [2.45, 2.75) is 32.7 Å². The van der Waals surface area contributed by atoms with Crippen LogP contribution in [-0.2, 0) is 11.3 Å². The lowest BCUT2D eigenvalue weighted by molar-refractivity contribution is -0.132. The van der Waals surface area contributed by atoms with Gasteiger partial charge >= 0.3 is 0 Å². The SMILES string of the molecule is CCCN(Cc1nnc(-c2ccccc2Cl)o1)C(=O)CCCOc1ccccc1. The molecule has 0 saturated carbocycles. The van der Waals surface area contributed by atoms with Crippen LogP contribution in [-0.4, -0.2) is 34.2 Å². The number of hydrogen-bond acceptors (Lipinski definition) is 5. The minimum Gasteiger partial charge on any atom is -0.494 e. The molecule has 0 N–H and O–H groups in total. The van der Waals surface area contributed by atoms with Crippen LogP contribution in [0.3, 0.4) is 0 Å². The first kappa shape index (κ1) is 20.9. The molecule has 0 atom stereocenters. The lowest BCUT2D eigenvalue weighted by Crippen LogP contribution is -2.31. The summed E-state index contributed by atoms with van der Waals surface area (Å²) >= 11 is 6.18. The molecule has 3 rings (SSSR count). The normalized spacial score (nSPS) is 10.7. The molecule has 0 aliphatic carbocycles. The van der Waals surface area contributed by atoms with E-state index in [9.17, 15) is 4.79 Å². The van der Waals surface area contributed by atoms with E-state index in [0.29, 0.717) is 48.4 Å². The Hall–Kier alpha value is -2.86. The summed E-state index contributed by atoms with van der Waals surface area (Å²) in [4.78, 5) is 14.4. The first-order valence-corrected chi connectivity index (χ1v) is 10.1. The number of aromatic nitrogens is 2. The quantitative estimate of drug-likeness (QED) is 0.438. The Morgan fingerprint density at radius 3 is 2.62 bits per heavy atom. The fourth-order valence-corrected chi connectivity index (χ4v) is 3.09. The lowest BCUT2D eigenvalue weighted by atomic mass is 10.2. The molecule has 0 unspecified atom stereocenters. The summed E-state index contributed by atoms with van der Waals surface area (Å²) < 4.78 is 11.4. The number of amides is 1. The van der Waals surface area contributed by atoms with Gasteiger partial charge in [0.2, 0.25) is 17.7 Å². The van der Waals surface area contributed by atoms with E-state index < -0.39 is 0 Å². The van der Waals surface area contributed by atoms with Crippen molar-refractivity contribution in [1.29, 1.82) is 0 Å². The molecule has 7 heteroatoms. The van der Waals surface area contributed by atoms with Gasteiger partial charge in [-0.3, -0.25) is 4.79 Å². The molecule has 29 heavy (non-hydrogen) atoms. The average molecular weight is 414 g/mol. The maximum absolute atomic E-state index is 12.6. The van der Waals surface area contributed by atoms with Crippen LogP contribution in [0.5, 0.6) is 5.75 Å². The molecule has 0 saturated heterocycles. The van der Waals surface area contributed by atoms with Crippen molar-refractivity contribution >= 4 is 17.5 Å². The Morgan fingerprint density at radius 1 is 1.10 bits per heavy atom. The highest BCUT2D eigenvalue weighted by molar-refractivity contribution is 6.33. The zero-order valence-electron chi connectivity index (χ0n) is 16.4. The predicted octanol–water partition coefficient (Wildman–Crippen LogP) is 4.99. The van der Waals surface area contributed by atoms with Crippen LogP contribution in [0.15, 0.2) is 59.0 Å². The van der Waals surface area contributed by atoms with Gasteiger partial charge in [-0.2, -0.15) is 0 Å². The average Bonchev–Trinajstić information content (AvgIpc) is 3.20. The van der Waals surface area contributed by atoms with Crippen LogP contribution in [0.4, 0.5) is 0 Å². The number of benzene rings is 2. The number of halogens is 1. The summed E-state index contributed by atoms with van der Waals surface area (Å²) in [6, 6.07) is 16.9. The van der Waals surface area contributed by atoms with Gasteiger partial charge in [-0.25, -0.2) is 0 Å². The third-order valence-electron chi connectivity index (χ3n) is 4.29. The zero-order valence-corrected chi connectivity index (χ0v) is 17.1. The summed E-state index contributed by atoms with van der Waals surface area (Å²) in [5.41, 5.74) is 0.680. The van der Waals surface area contributed by atoms with E-state index >= 15 is 0 Å². The number of para-hydroxylation sites is 1. The number of carbonyl (C=O) groups excluding carboxylic acids is 1. The third-order valence-corrected chi connectivity index (χ3v) is 4.62. The first-order valence-electron chi connectivity index (χ1n) is 9.70. The molecule has 152 valence electrons. The van der Waals surface area contributed by atoms with Crippen molar-refractivity contribution in [3.8, 4) is 17.2 Å². The van der Waals surface area contributed by atoms with Crippen LogP contribution < -0.4 is 4.74 Å². The fraction of sp³-hybridized carbons (Fsp3) is 0.318. The minimum absolute atomic E-state index is 0.0426. The van der Waals surface area contributed by atoms with Crippen molar-refractivity contribution in [2.75, 3.05) is 13.2 Å². The molecule has 0 radical (unpaired) electrons. The van der Waals surface area contributed by atoms with Crippen LogP contribution in [0.2, 0.25) is 5.02 Å². The standard InChI is InChI=1S/C22H24ClN3O3/c1-2-14-26(21(27)13-8-15-28-17-9-4-3-5-10-17)16-20-24-25-22(29-20)18-11-6-7-12-19(18)23/h3-7,9-12H,2,8,13-16H2,1H3. The maximum atomic E-state index is 12.6. The Kier molecular flexibility index (Phi) is 7.64. The molecule has 2 aromatic carbocycles. The summed E-state index contributed by atoms with van der Waals surface area (Å²) in [5.74, 6) is 1.59. The molecule has 0 aliphatic rings. The third kappa shape index (κ3) is 6.06. The second kappa shape index (κ2) is 10.6. The minimum atomic E-state index is 0.0426. The second-order valence-electron chi connectivity index (χ2n) is 6.56. The lowest BCUT2D eigenvalue weighted by Gasteiger charge is -2.20. The van der Waals surface area contributed by atoms with Crippen molar-refractivity contribution in [1.82, 2.24) is 15.1 Å². The van der Waals surface area contributed by atoms with E-state index in [2.05, 4.69) is 10.2 Å². The van der Waals surface area contributed by atoms with Gasteiger partial charge < -0.3 is 14.1 Å². The molecule has 0 spiro atoms. The van der Waals surface area contributed by atoms with Gasteiger partial charge in [0.1, 0.15) is 5.75 Å².